The average molecular weight is 593 g/mol. The van der Waals surface area contributed by atoms with E-state index in [0.29, 0.717) is 25.3 Å². The number of hydrogen-bond donors (Lipinski definition) is 11. The number of rotatable bonds is 13. The summed E-state index contributed by atoms with van der Waals surface area (Å²) in [5.41, 5.74) is 16.7. The minimum absolute atomic E-state index is 0.0216. The molecule has 16 nitrogen and oxygen atoms in total. The van der Waals surface area contributed by atoms with E-state index >= 15 is 0 Å². The van der Waals surface area contributed by atoms with Gasteiger partial charge in [-0.15, -0.1) is 0 Å². The molecule has 0 aromatic heterocycles. The summed E-state index contributed by atoms with van der Waals surface area (Å²) in [5, 5.41) is 60.7. The molecule has 16 heteroatoms. The maximum Gasteiger partial charge on any atom is 0.249 e. The van der Waals surface area contributed by atoms with Gasteiger partial charge < -0.3 is 77.6 Å². The molecule has 3 rings (SSSR count). The molecule has 2 fully saturated rings. The van der Waals surface area contributed by atoms with Gasteiger partial charge in [0.15, 0.2) is 6.29 Å². The summed E-state index contributed by atoms with van der Waals surface area (Å²) >= 11 is 0. The molecule has 14 N–H and O–H groups in total. The van der Waals surface area contributed by atoms with Crippen LogP contribution < -0.4 is 33.2 Å². The molecule has 1 saturated carbocycles. The van der Waals surface area contributed by atoms with Crippen molar-refractivity contribution in [1.82, 2.24) is 16.0 Å². The summed E-state index contributed by atoms with van der Waals surface area (Å²) < 4.78 is 23.7. The van der Waals surface area contributed by atoms with Crippen molar-refractivity contribution in [2.24, 2.45) is 17.2 Å². The van der Waals surface area contributed by atoms with Crippen LogP contribution in [0.15, 0.2) is 11.8 Å². The molecule has 3 aliphatic rings. The number of ether oxygens (including phenoxy) is 4. The van der Waals surface area contributed by atoms with Gasteiger partial charge in [-0.2, -0.15) is 0 Å². The Morgan fingerprint density at radius 2 is 1.90 bits per heavy atom. The van der Waals surface area contributed by atoms with Crippen molar-refractivity contribution in [2.45, 2.75) is 99.1 Å². The van der Waals surface area contributed by atoms with Crippen molar-refractivity contribution < 1.29 is 49.3 Å². The quantitative estimate of drug-likeness (QED) is 0.0891. The maximum absolute atomic E-state index is 12.7. The number of amides is 1. The minimum atomic E-state index is -1.46. The van der Waals surface area contributed by atoms with Gasteiger partial charge in [-0.3, -0.25) is 4.79 Å². The summed E-state index contributed by atoms with van der Waals surface area (Å²) in [5.74, 6) is -0.170. The fraction of sp³-hybridized carbons (Fsp3) is 0.880. The van der Waals surface area contributed by atoms with E-state index in [1.807, 2.05) is 6.08 Å². The summed E-state index contributed by atoms with van der Waals surface area (Å²) in [7, 11) is 1.57. The highest BCUT2D eigenvalue weighted by Crippen LogP contribution is 2.32. The van der Waals surface area contributed by atoms with Crippen molar-refractivity contribution in [3.8, 4) is 0 Å². The Bertz CT molecular complexity index is 869. The van der Waals surface area contributed by atoms with Crippen LogP contribution in [-0.4, -0.2) is 144 Å². The van der Waals surface area contributed by atoms with Crippen LogP contribution in [0.5, 0.6) is 0 Å². The lowest BCUT2D eigenvalue weighted by atomic mass is 9.83. The van der Waals surface area contributed by atoms with Crippen LogP contribution in [0, 0.1) is 0 Å². The standard InChI is InChI=1S/C25H48N6O10/c1-25(37)11-38-24(18(35)21(25)29-2)41-20-15(31-22(36)16(33)5-6-26)9-14(28)19(17(20)34)40-23-13(27)4-3-12(39-23)10-30-7-8-32/h3,13-21,23-24,29-30,32-35,37H,4-11,26-28H2,1-2H3,(H,31,36)/t13?,14-,15+,16-,17?,18?,19?,20-,21+,23+,24+,25-/m0/s1. The predicted molar refractivity (Wildman–Crippen MR) is 145 cm³/mol. The van der Waals surface area contributed by atoms with Crippen LogP contribution >= 0.6 is 0 Å². The van der Waals surface area contributed by atoms with Crippen LogP contribution in [0.25, 0.3) is 0 Å². The van der Waals surface area contributed by atoms with E-state index in [-0.39, 0.29) is 32.6 Å². The van der Waals surface area contributed by atoms with Crippen molar-refractivity contribution in [3.05, 3.63) is 11.8 Å². The molecule has 41 heavy (non-hydrogen) atoms. The number of aliphatic hydroxyl groups is 5. The molecule has 0 radical (unpaired) electrons. The molecule has 12 atom stereocenters. The monoisotopic (exact) mass is 592 g/mol. The van der Waals surface area contributed by atoms with Crippen molar-refractivity contribution in [3.63, 3.8) is 0 Å². The van der Waals surface area contributed by atoms with E-state index in [4.69, 9.17) is 41.3 Å². The predicted octanol–water partition coefficient (Wildman–Crippen LogP) is -5.36. The number of likely N-dealkylation sites (N-methyl/N-ethyl adjacent to an activating group) is 1. The highest BCUT2D eigenvalue weighted by molar-refractivity contribution is 5.80. The number of carbonyl (C=O) groups is 1. The van der Waals surface area contributed by atoms with E-state index in [1.54, 1.807) is 7.05 Å². The molecule has 0 aromatic rings. The molecule has 1 amide bonds. The lowest BCUT2D eigenvalue weighted by Gasteiger charge is -2.48. The Balaban J connectivity index is 1.79. The fourth-order valence-electron chi connectivity index (χ4n) is 5.38. The molecule has 1 saturated heterocycles. The zero-order valence-electron chi connectivity index (χ0n) is 23.6. The first-order chi connectivity index (χ1) is 19.4. The van der Waals surface area contributed by atoms with Crippen LogP contribution in [-0.2, 0) is 23.7 Å². The first-order valence-electron chi connectivity index (χ1n) is 14.0. The van der Waals surface area contributed by atoms with Gasteiger partial charge in [0.1, 0.15) is 41.9 Å². The third-order valence-electron chi connectivity index (χ3n) is 7.63. The normalized spacial score (nSPS) is 40.4. The van der Waals surface area contributed by atoms with Crippen LogP contribution in [0.4, 0.5) is 0 Å². The van der Waals surface area contributed by atoms with Gasteiger partial charge >= 0.3 is 0 Å². The first kappa shape index (κ1) is 34.0. The highest BCUT2D eigenvalue weighted by Gasteiger charge is 2.51. The van der Waals surface area contributed by atoms with E-state index in [2.05, 4.69) is 16.0 Å². The number of hydrogen-bond acceptors (Lipinski definition) is 15. The molecular weight excluding hydrogens is 544 g/mol. The van der Waals surface area contributed by atoms with Crippen molar-refractivity contribution >= 4 is 5.91 Å². The minimum Gasteiger partial charge on any atom is -0.467 e. The average Bonchev–Trinajstić information content (AvgIpc) is 2.91. The molecule has 2 heterocycles. The molecule has 0 spiro atoms. The van der Waals surface area contributed by atoms with Gasteiger partial charge in [-0.25, -0.2) is 0 Å². The van der Waals surface area contributed by atoms with E-state index in [1.165, 1.54) is 6.92 Å². The van der Waals surface area contributed by atoms with E-state index < -0.39 is 78.8 Å². The Morgan fingerprint density at radius 1 is 1.20 bits per heavy atom. The summed E-state index contributed by atoms with van der Waals surface area (Å²) in [4.78, 5) is 12.7. The van der Waals surface area contributed by atoms with Gasteiger partial charge in [-0.1, -0.05) is 0 Å². The van der Waals surface area contributed by atoms with Crippen molar-refractivity contribution in [1.29, 1.82) is 0 Å². The number of nitrogens with two attached hydrogens (primary N) is 3. The second-order valence-electron chi connectivity index (χ2n) is 11.0. The summed E-state index contributed by atoms with van der Waals surface area (Å²) in [6.07, 6.45) is -6.40. The van der Waals surface area contributed by atoms with Gasteiger partial charge in [0.2, 0.25) is 12.2 Å². The molecule has 0 aromatic carbocycles. The summed E-state index contributed by atoms with van der Waals surface area (Å²) in [6.45, 7) is 2.07. The second kappa shape index (κ2) is 15.3. The maximum atomic E-state index is 12.7. The van der Waals surface area contributed by atoms with Gasteiger partial charge in [0.25, 0.3) is 0 Å². The largest absolute Gasteiger partial charge is 0.467 e. The molecular formula is C25H48N6O10. The molecule has 4 unspecified atom stereocenters. The second-order valence-corrected chi connectivity index (χ2v) is 11.0. The molecule has 1 aliphatic carbocycles. The summed E-state index contributed by atoms with van der Waals surface area (Å²) in [6, 6.07) is -3.12. The Labute approximate surface area is 239 Å². The zero-order valence-corrected chi connectivity index (χ0v) is 23.6. The van der Waals surface area contributed by atoms with E-state index in [0.717, 1.165) is 0 Å². The van der Waals surface area contributed by atoms with Gasteiger partial charge in [0.05, 0.1) is 37.9 Å². The Kier molecular flexibility index (Phi) is 12.7. The smallest absolute Gasteiger partial charge is 0.249 e. The Hall–Kier alpha value is -1.51. The van der Waals surface area contributed by atoms with E-state index in [9.17, 15) is 25.2 Å². The lowest BCUT2D eigenvalue weighted by Crippen LogP contribution is -2.69. The highest BCUT2D eigenvalue weighted by atomic mass is 16.7. The van der Waals surface area contributed by atoms with Crippen molar-refractivity contribution in [2.75, 3.05) is 39.9 Å². The van der Waals surface area contributed by atoms with Crippen LogP contribution in [0.1, 0.15) is 26.2 Å². The fourth-order valence-corrected chi connectivity index (χ4v) is 5.38. The third-order valence-corrected chi connectivity index (χ3v) is 7.63. The first-order valence-corrected chi connectivity index (χ1v) is 14.0. The topological polar surface area (TPSA) is 269 Å². The van der Waals surface area contributed by atoms with Crippen LogP contribution in [0.3, 0.4) is 0 Å². The molecule has 0 bridgehead atoms. The Morgan fingerprint density at radius 3 is 2.56 bits per heavy atom. The lowest BCUT2D eigenvalue weighted by molar-refractivity contribution is -0.304. The number of aliphatic hydroxyl groups excluding tert-OH is 4. The zero-order chi connectivity index (χ0) is 30.3. The molecule has 238 valence electrons. The number of carbonyl (C=O) groups excluding carboxylic acids is 1. The van der Waals surface area contributed by atoms with Crippen LogP contribution in [0.2, 0.25) is 0 Å². The molecule has 2 aliphatic heterocycles. The third kappa shape index (κ3) is 8.54. The van der Waals surface area contributed by atoms with Gasteiger partial charge in [-0.05, 0) is 45.9 Å². The number of nitrogens with one attached hydrogen (secondary N) is 3. The SMILES string of the molecule is CN[C@@H]1C(O)[C@@H](O[C@@H]2C(O)C(O[C@H]3OC(CNCCO)=CCC3N)[C@@H](N)C[C@H]2NC(=O)[C@@H](O)CCN)OC[C@]1(C)O. The van der Waals surface area contributed by atoms with Gasteiger partial charge in [0, 0.05) is 12.6 Å².